The number of phenols is 1. The van der Waals surface area contributed by atoms with Crippen molar-refractivity contribution in [2.24, 2.45) is 11.5 Å². The first kappa shape index (κ1) is 32.8. The number of unbranched alkanes of at least 4 members (excludes halogenated alkanes) is 1. The van der Waals surface area contributed by atoms with Gasteiger partial charge in [0.25, 0.3) is 0 Å². The van der Waals surface area contributed by atoms with Crippen LogP contribution in [-0.2, 0) is 35.2 Å². The largest absolute Gasteiger partial charge is 0.508 e. The maximum atomic E-state index is 13.0. The molecule has 0 radical (unpaired) electrons. The van der Waals surface area contributed by atoms with Gasteiger partial charge in [-0.15, -0.1) is 0 Å². The molecule has 0 aliphatic rings. The molecule has 0 bridgehead atoms. The van der Waals surface area contributed by atoms with Gasteiger partial charge in [0.05, 0.1) is 12.5 Å². The lowest BCUT2D eigenvalue weighted by Gasteiger charge is -2.24. The second kappa shape index (κ2) is 16.6. The van der Waals surface area contributed by atoms with Gasteiger partial charge in [0, 0.05) is 6.42 Å². The fourth-order valence-electron chi connectivity index (χ4n) is 3.47. The Labute approximate surface area is 223 Å². The molecule has 0 aliphatic carbocycles. The zero-order valence-corrected chi connectivity index (χ0v) is 21.2. The number of carbonyl (C=O) groups excluding carboxylic acids is 3. The first-order valence-electron chi connectivity index (χ1n) is 12.1. The first-order chi connectivity index (χ1) is 18.3. The van der Waals surface area contributed by atoms with Crippen molar-refractivity contribution >= 4 is 35.6 Å². The third kappa shape index (κ3) is 12.7. The molecule has 1 aromatic rings. The number of aliphatic carboxylic acids is 3. The third-order valence-electron chi connectivity index (χ3n) is 5.58. The molecule has 216 valence electrons. The smallest absolute Gasteiger partial charge is 0.326 e. The average molecular weight is 554 g/mol. The Balaban J connectivity index is 2.98. The van der Waals surface area contributed by atoms with E-state index in [4.69, 9.17) is 16.6 Å². The molecule has 3 amide bonds. The molecule has 0 fully saturated rings. The van der Waals surface area contributed by atoms with Gasteiger partial charge in [0.15, 0.2) is 0 Å². The van der Waals surface area contributed by atoms with Crippen LogP contribution in [0.4, 0.5) is 0 Å². The third-order valence-corrected chi connectivity index (χ3v) is 5.58. The zero-order valence-electron chi connectivity index (χ0n) is 21.2. The number of benzene rings is 1. The van der Waals surface area contributed by atoms with E-state index < -0.39 is 79.1 Å². The summed E-state index contributed by atoms with van der Waals surface area (Å²) >= 11 is 0. The van der Waals surface area contributed by atoms with E-state index in [0.29, 0.717) is 18.4 Å². The predicted octanol–water partition coefficient (Wildman–Crippen LogP) is -1.73. The van der Waals surface area contributed by atoms with Crippen molar-refractivity contribution in [2.75, 3.05) is 6.54 Å². The molecule has 4 unspecified atom stereocenters. The molecule has 0 saturated carbocycles. The van der Waals surface area contributed by atoms with Crippen molar-refractivity contribution in [1.29, 1.82) is 0 Å². The molecule has 0 aliphatic heterocycles. The first-order valence-corrected chi connectivity index (χ1v) is 12.1. The predicted molar refractivity (Wildman–Crippen MR) is 135 cm³/mol. The highest BCUT2D eigenvalue weighted by molar-refractivity contribution is 5.95. The number of aromatic hydroxyl groups is 1. The minimum Gasteiger partial charge on any atom is -0.508 e. The topological polar surface area (TPSA) is 271 Å². The van der Waals surface area contributed by atoms with Crippen LogP contribution in [0, 0.1) is 0 Å². The fourth-order valence-corrected chi connectivity index (χ4v) is 3.47. The summed E-state index contributed by atoms with van der Waals surface area (Å²) in [4.78, 5) is 72.1. The number of nitrogens with two attached hydrogens (primary N) is 2. The van der Waals surface area contributed by atoms with Crippen molar-refractivity contribution in [3.63, 3.8) is 0 Å². The van der Waals surface area contributed by atoms with E-state index in [1.807, 2.05) is 0 Å². The maximum Gasteiger partial charge on any atom is 0.326 e. The van der Waals surface area contributed by atoms with Crippen molar-refractivity contribution in [3.05, 3.63) is 29.8 Å². The van der Waals surface area contributed by atoms with Crippen LogP contribution in [-0.4, -0.2) is 86.8 Å². The molecule has 0 spiro atoms. The number of carboxylic acid groups (broad SMARTS) is 3. The normalized spacial score (nSPS) is 13.8. The van der Waals surface area contributed by atoms with Crippen LogP contribution >= 0.6 is 0 Å². The van der Waals surface area contributed by atoms with E-state index in [2.05, 4.69) is 16.0 Å². The lowest BCUT2D eigenvalue weighted by atomic mass is 10.0. The Bertz CT molecular complexity index is 1020. The summed E-state index contributed by atoms with van der Waals surface area (Å²) < 4.78 is 0. The molecule has 0 heterocycles. The number of hydrogen-bond donors (Lipinski definition) is 9. The summed E-state index contributed by atoms with van der Waals surface area (Å²) in [7, 11) is 0. The molecule has 4 atom stereocenters. The molecule has 0 saturated heterocycles. The van der Waals surface area contributed by atoms with Crippen LogP contribution in [0.25, 0.3) is 0 Å². The number of nitrogens with one attached hydrogen (secondary N) is 3. The van der Waals surface area contributed by atoms with Crippen molar-refractivity contribution in [2.45, 2.75) is 69.1 Å². The van der Waals surface area contributed by atoms with Gasteiger partial charge >= 0.3 is 17.9 Å². The molecule has 39 heavy (non-hydrogen) atoms. The Morgan fingerprint density at radius 2 is 1.31 bits per heavy atom. The van der Waals surface area contributed by atoms with E-state index in [9.17, 15) is 44.1 Å². The molecule has 1 rings (SSSR count). The van der Waals surface area contributed by atoms with E-state index >= 15 is 0 Å². The monoisotopic (exact) mass is 553 g/mol. The summed E-state index contributed by atoms with van der Waals surface area (Å²) in [5.41, 5.74) is 12.0. The number of carbonyl (C=O) groups is 6. The number of carboxylic acids is 3. The second-order valence-electron chi connectivity index (χ2n) is 8.81. The molecule has 15 heteroatoms. The van der Waals surface area contributed by atoms with Gasteiger partial charge in [-0.05, 0) is 56.3 Å². The maximum absolute atomic E-state index is 13.0. The molecular weight excluding hydrogens is 518 g/mol. The number of rotatable bonds is 18. The molecular formula is C24H35N5O10. The SMILES string of the molecule is NCCCCC(NC(=O)C(CC(=O)O)NC(=O)C(N)Cc1ccc(O)cc1)C(=O)NC(CCC(=O)O)C(=O)O. The van der Waals surface area contributed by atoms with Crippen LogP contribution in [0.5, 0.6) is 5.75 Å². The summed E-state index contributed by atoms with van der Waals surface area (Å²) in [6.45, 7) is 0.273. The van der Waals surface area contributed by atoms with E-state index in [1.54, 1.807) is 0 Å². The lowest BCUT2D eigenvalue weighted by molar-refractivity contribution is -0.144. The Hall–Kier alpha value is -4.24. The minimum atomic E-state index is -1.62. The highest BCUT2D eigenvalue weighted by Crippen LogP contribution is 2.11. The number of amides is 3. The summed E-state index contributed by atoms with van der Waals surface area (Å²) in [6.07, 6.45) is -0.942. The average Bonchev–Trinajstić information content (AvgIpc) is 2.86. The van der Waals surface area contributed by atoms with Crippen LogP contribution < -0.4 is 27.4 Å². The van der Waals surface area contributed by atoms with Gasteiger partial charge in [0.2, 0.25) is 17.7 Å². The number of phenolic OH excluding ortho intramolecular Hbond substituents is 1. The van der Waals surface area contributed by atoms with Crippen LogP contribution in [0.3, 0.4) is 0 Å². The number of hydrogen-bond acceptors (Lipinski definition) is 9. The Morgan fingerprint density at radius 3 is 1.85 bits per heavy atom. The summed E-state index contributed by atoms with van der Waals surface area (Å²) in [6, 6.07) is 0.204. The van der Waals surface area contributed by atoms with Crippen molar-refractivity contribution in [1.82, 2.24) is 16.0 Å². The van der Waals surface area contributed by atoms with Crippen LogP contribution in [0.15, 0.2) is 24.3 Å². The molecule has 15 nitrogen and oxygen atoms in total. The standard InChI is InChI=1S/C24H35N5O10/c25-10-2-1-3-16(22(36)28-17(24(38)39)8-9-19(31)32)27-23(37)18(12-20(33)34)29-21(35)15(26)11-13-4-6-14(30)7-5-13/h4-7,15-18,30H,1-3,8-12,25-26H2,(H,27,37)(H,28,36)(H,29,35)(H,31,32)(H,33,34)(H,38,39). The molecule has 0 aromatic heterocycles. The molecule has 11 N–H and O–H groups in total. The highest BCUT2D eigenvalue weighted by atomic mass is 16.4. The van der Waals surface area contributed by atoms with Crippen molar-refractivity contribution in [3.8, 4) is 5.75 Å². The highest BCUT2D eigenvalue weighted by Gasteiger charge is 2.31. The Morgan fingerprint density at radius 1 is 0.744 bits per heavy atom. The van der Waals surface area contributed by atoms with Crippen molar-refractivity contribution < 1.29 is 49.2 Å². The summed E-state index contributed by atoms with van der Waals surface area (Å²) in [5, 5.41) is 43.5. The summed E-state index contributed by atoms with van der Waals surface area (Å²) in [5.74, 6) is -6.94. The molecule has 1 aromatic carbocycles. The van der Waals surface area contributed by atoms with Crippen LogP contribution in [0.2, 0.25) is 0 Å². The Kier molecular flexibility index (Phi) is 13.9. The van der Waals surface area contributed by atoms with Gasteiger partial charge in [-0.1, -0.05) is 12.1 Å². The van der Waals surface area contributed by atoms with E-state index in [0.717, 1.165) is 0 Å². The van der Waals surface area contributed by atoms with Crippen LogP contribution in [0.1, 0.15) is 44.1 Å². The van der Waals surface area contributed by atoms with Gasteiger partial charge in [0.1, 0.15) is 23.9 Å². The lowest BCUT2D eigenvalue weighted by Crippen LogP contribution is -2.57. The van der Waals surface area contributed by atoms with E-state index in [-0.39, 0.29) is 25.1 Å². The quantitative estimate of drug-likeness (QED) is 0.0917. The van der Waals surface area contributed by atoms with Gasteiger partial charge < -0.3 is 47.8 Å². The van der Waals surface area contributed by atoms with Gasteiger partial charge in [-0.3, -0.25) is 24.0 Å². The van der Waals surface area contributed by atoms with Gasteiger partial charge in [-0.25, -0.2) is 4.79 Å². The second-order valence-corrected chi connectivity index (χ2v) is 8.81. The minimum absolute atomic E-state index is 0.00808. The zero-order chi connectivity index (χ0) is 29.5. The fraction of sp³-hybridized carbons (Fsp3) is 0.500. The van der Waals surface area contributed by atoms with E-state index in [1.165, 1.54) is 24.3 Å². The van der Waals surface area contributed by atoms with Gasteiger partial charge in [-0.2, -0.15) is 0 Å².